The second kappa shape index (κ2) is 8.63. The number of aromatic nitrogens is 3. The van der Waals surface area contributed by atoms with Crippen LogP contribution in [0.5, 0.6) is 5.75 Å². The van der Waals surface area contributed by atoms with Gasteiger partial charge in [-0.25, -0.2) is 9.37 Å². The third-order valence-corrected chi connectivity index (χ3v) is 7.06. The highest BCUT2D eigenvalue weighted by Gasteiger charge is 2.31. The number of halogens is 1. The minimum atomic E-state index is -0.532. The second-order valence-electron chi connectivity index (χ2n) is 9.55. The number of piperazine rings is 1. The van der Waals surface area contributed by atoms with Gasteiger partial charge in [-0.1, -0.05) is 12.1 Å². The molecule has 1 saturated heterocycles. The van der Waals surface area contributed by atoms with Crippen LogP contribution in [0.25, 0.3) is 21.9 Å². The Morgan fingerprint density at radius 2 is 2.03 bits per heavy atom. The summed E-state index contributed by atoms with van der Waals surface area (Å²) < 4.78 is 23.4. The van der Waals surface area contributed by atoms with Crippen LogP contribution in [0.4, 0.5) is 10.1 Å². The summed E-state index contributed by atoms with van der Waals surface area (Å²) >= 11 is 0. The molecule has 4 aromatic rings. The zero-order chi connectivity index (χ0) is 25.0. The van der Waals surface area contributed by atoms with Gasteiger partial charge in [-0.3, -0.25) is 9.59 Å². The maximum Gasteiger partial charge on any atom is 0.257 e. The Kier molecular flexibility index (Phi) is 5.40. The van der Waals surface area contributed by atoms with Crippen molar-refractivity contribution in [1.82, 2.24) is 24.8 Å². The van der Waals surface area contributed by atoms with Crippen LogP contribution in [0.2, 0.25) is 0 Å². The number of nitrogens with zero attached hydrogens (tertiary/aromatic N) is 4. The molecule has 0 saturated carbocycles. The van der Waals surface area contributed by atoms with E-state index >= 15 is 4.39 Å². The lowest BCUT2D eigenvalue weighted by Gasteiger charge is -2.37. The van der Waals surface area contributed by atoms with Crippen LogP contribution < -0.4 is 20.4 Å². The number of anilines is 1. The van der Waals surface area contributed by atoms with Crippen LogP contribution in [0.15, 0.2) is 41.3 Å². The highest BCUT2D eigenvalue weighted by atomic mass is 19.1. The van der Waals surface area contributed by atoms with Crippen molar-refractivity contribution in [2.75, 3.05) is 44.7 Å². The summed E-state index contributed by atoms with van der Waals surface area (Å²) in [6.07, 6.45) is 1.57. The Labute approximate surface area is 206 Å². The summed E-state index contributed by atoms with van der Waals surface area (Å²) in [4.78, 5) is 38.3. The van der Waals surface area contributed by atoms with Crippen LogP contribution in [-0.4, -0.2) is 65.2 Å². The van der Waals surface area contributed by atoms with Crippen LogP contribution in [0.3, 0.4) is 0 Å². The number of H-pyrrole nitrogens is 1. The molecule has 6 rings (SSSR count). The number of fused-ring (bicyclic) bond motifs is 1. The number of ether oxygens (including phenoxy) is 1. The highest BCUT2D eigenvalue weighted by molar-refractivity contribution is 6.00. The van der Waals surface area contributed by atoms with Gasteiger partial charge in [-0.2, -0.15) is 0 Å². The Hall–Kier alpha value is -3.92. The molecule has 1 amide bonds. The zero-order valence-corrected chi connectivity index (χ0v) is 20.2. The molecule has 0 spiro atoms. The minimum absolute atomic E-state index is 0.0370. The Balaban J connectivity index is 1.38. The molecule has 186 valence electrons. The summed E-state index contributed by atoms with van der Waals surface area (Å²) in [5.41, 5.74) is 2.02. The van der Waals surface area contributed by atoms with Gasteiger partial charge >= 0.3 is 0 Å². The van der Waals surface area contributed by atoms with E-state index in [4.69, 9.17) is 4.74 Å². The van der Waals surface area contributed by atoms with Gasteiger partial charge in [0.1, 0.15) is 23.7 Å². The Morgan fingerprint density at radius 1 is 1.25 bits per heavy atom. The molecule has 10 heteroatoms. The van der Waals surface area contributed by atoms with E-state index in [0.717, 1.165) is 24.1 Å². The number of nitrogens with one attached hydrogen (secondary N) is 2. The summed E-state index contributed by atoms with van der Waals surface area (Å²) in [6.45, 7) is 5.34. The molecule has 9 nitrogen and oxygen atoms in total. The SMILES string of the molecule is C[C@H]1COc2c(N3CCN(C)CC3)c(F)cc3c(=O)c(C(=O)NCc4nc5ccccc5[nH]4)cn1c23. The molecule has 2 aliphatic heterocycles. The van der Waals surface area contributed by atoms with Crippen LogP contribution in [-0.2, 0) is 6.54 Å². The first-order chi connectivity index (χ1) is 17.4. The second-order valence-corrected chi connectivity index (χ2v) is 9.55. The molecule has 2 aromatic carbocycles. The summed E-state index contributed by atoms with van der Waals surface area (Å²) in [5.74, 6) is -0.0901. The zero-order valence-electron chi connectivity index (χ0n) is 20.2. The summed E-state index contributed by atoms with van der Waals surface area (Å²) in [7, 11) is 2.04. The number of carbonyl (C=O) groups is 1. The molecule has 0 aliphatic carbocycles. The molecule has 2 N–H and O–H groups in total. The number of amides is 1. The van der Waals surface area contributed by atoms with Crippen molar-refractivity contribution in [3.8, 4) is 5.75 Å². The molecule has 4 heterocycles. The van der Waals surface area contributed by atoms with Crippen molar-refractivity contribution in [2.45, 2.75) is 19.5 Å². The molecular formula is C26H27FN6O3. The Morgan fingerprint density at radius 3 is 2.81 bits per heavy atom. The van der Waals surface area contributed by atoms with E-state index in [1.165, 1.54) is 6.07 Å². The smallest absolute Gasteiger partial charge is 0.257 e. The predicted molar refractivity (Wildman–Crippen MR) is 135 cm³/mol. The number of aromatic amines is 1. The van der Waals surface area contributed by atoms with Crippen molar-refractivity contribution in [2.24, 2.45) is 0 Å². The normalized spacial score (nSPS) is 18.0. The number of para-hydroxylation sites is 2. The fourth-order valence-corrected chi connectivity index (χ4v) is 5.05. The Bertz CT molecular complexity index is 1520. The van der Waals surface area contributed by atoms with Gasteiger partial charge in [0.15, 0.2) is 11.6 Å². The van der Waals surface area contributed by atoms with Gasteiger partial charge in [0.2, 0.25) is 5.43 Å². The van der Waals surface area contributed by atoms with E-state index in [9.17, 15) is 9.59 Å². The van der Waals surface area contributed by atoms with E-state index in [-0.39, 0.29) is 23.5 Å². The third-order valence-electron chi connectivity index (χ3n) is 7.06. The number of carbonyl (C=O) groups excluding carboxylic acids is 1. The molecule has 0 unspecified atom stereocenters. The minimum Gasteiger partial charge on any atom is -0.487 e. The van der Waals surface area contributed by atoms with E-state index in [1.54, 1.807) is 6.20 Å². The van der Waals surface area contributed by atoms with Gasteiger partial charge in [0.05, 0.1) is 34.5 Å². The molecule has 2 aromatic heterocycles. The quantitative estimate of drug-likeness (QED) is 0.457. The van der Waals surface area contributed by atoms with Crippen molar-refractivity contribution < 1.29 is 13.9 Å². The number of hydrogen-bond acceptors (Lipinski definition) is 6. The van der Waals surface area contributed by atoms with Crippen LogP contribution >= 0.6 is 0 Å². The third kappa shape index (κ3) is 3.69. The van der Waals surface area contributed by atoms with Gasteiger partial charge in [-0.05, 0) is 32.2 Å². The fraction of sp³-hybridized carbons (Fsp3) is 0.346. The summed E-state index contributed by atoms with van der Waals surface area (Å²) in [6, 6.07) is 8.69. The van der Waals surface area contributed by atoms with Gasteiger partial charge in [0.25, 0.3) is 5.91 Å². The van der Waals surface area contributed by atoms with Crippen molar-refractivity contribution in [1.29, 1.82) is 0 Å². The first-order valence-electron chi connectivity index (χ1n) is 12.1. The number of rotatable bonds is 4. The summed E-state index contributed by atoms with van der Waals surface area (Å²) in [5, 5.41) is 2.92. The maximum atomic E-state index is 15.5. The molecule has 0 radical (unpaired) electrons. The number of benzene rings is 2. The monoisotopic (exact) mass is 490 g/mol. The molecular weight excluding hydrogens is 463 g/mol. The molecule has 1 atom stereocenters. The molecule has 2 aliphatic rings. The average Bonchev–Trinajstić information content (AvgIpc) is 3.29. The van der Waals surface area contributed by atoms with Crippen LogP contribution in [0, 0.1) is 5.82 Å². The number of pyridine rings is 1. The standard InChI is InChI=1S/C26H27FN6O3/c1-15-14-36-25-22-16(11-18(27)23(25)32-9-7-31(2)8-10-32)24(34)17(13-33(15)22)26(35)28-12-21-29-19-5-3-4-6-20(19)30-21/h3-6,11,13,15H,7-10,12,14H2,1-2H3,(H,28,35)(H,29,30)/t15-/m0/s1. The topological polar surface area (TPSA) is 95.5 Å². The lowest BCUT2D eigenvalue weighted by atomic mass is 10.0. The molecule has 0 bridgehead atoms. The van der Waals surface area contributed by atoms with Crippen molar-refractivity contribution >= 4 is 33.5 Å². The largest absolute Gasteiger partial charge is 0.487 e. The predicted octanol–water partition coefficient (Wildman–Crippen LogP) is 2.65. The average molecular weight is 491 g/mol. The van der Waals surface area contributed by atoms with Gasteiger partial charge < -0.3 is 29.4 Å². The first-order valence-corrected chi connectivity index (χ1v) is 12.1. The van der Waals surface area contributed by atoms with E-state index < -0.39 is 17.2 Å². The maximum absolute atomic E-state index is 15.5. The van der Waals surface area contributed by atoms with Crippen molar-refractivity contribution in [3.63, 3.8) is 0 Å². The number of likely N-dealkylation sites (N-methyl/N-ethyl adjacent to an activating group) is 1. The molecule has 1 fully saturated rings. The highest BCUT2D eigenvalue weighted by Crippen LogP contribution is 2.42. The van der Waals surface area contributed by atoms with Crippen LogP contribution in [0.1, 0.15) is 29.1 Å². The van der Waals surface area contributed by atoms with E-state index in [1.807, 2.05) is 47.7 Å². The van der Waals surface area contributed by atoms with Crippen molar-refractivity contribution in [3.05, 3.63) is 64.0 Å². The lowest BCUT2D eigenvalue weighted by molar-refractivity contribution is 0.0948. The fourth-order valence-electron chi connectivity index (χ4n) is 5.05. The number of imidazole rings is 1. The molecule has 36 heavy (non-hydrogen) atoms. The van der Waals surface area contributed by atoms with E-state index in [2.05, 4.69) is 20.2 Å². The number of hydrogen-bond donors (Lipinski definition) is 2. The van der Waals surface area contributed by atoms with Gasteiger partial charge in [0, 0.05) is 32.4 Å². The van der Waals surface area contributed by atoms with Gasteiger partial charge in [-0.15, -0.1) is 0 Å². The van der Waals surface area contributed by atoms with E-state index in [0.29, 0.717) is 42.5 Å². The lowest BCUT2D eigenvalue weighted by Crippen LogP contribution is -2.45. The first kappa shape index (κ1) is 22.5.